The Bertz CT molecular complexity index is 71.5. The molecule has 1 atom stereocenters. The van der Waals surface area contributed by atoms with Gasteiger partial charge < -0.3 is 16.6 Å². The molecular weight excluding hydrogens is 267 g/mol. The van der Waals surface area contributed by atoms with Crippen LogP contribution in [-0.2, 0) is 4.74 Å². The third-order valence-corrected chi connectivity index (χ3v) is 1.34. The molecule has 0 aromatic carbocycles. The predicted molar refractivity (Wildman–Crippen MR) is 32.6 cm³/mol. The van der Waals surface area contributed by atoms with E-state index in [0.29, 0.717) is 0 Å². The van der Waals surface area contributed by atoms with Crippen molar-refractivity contribution in [2.45, 2.75) is 6.10 Å². The molecule has 0 aliphatic carbocycles. The van der Waals surface area contributed by atoms with Crippen LogP contribution in [0.3, 0.4) is 0 Å². The molecule has 0 unspecified atom stereocenters. The smallest absolute Gasteiger partial charge is 0.0561 e. The molecule has 0 amide bonds. The minimum atomic E-state index is 0. The van der Waals surface area contributed by atoms with Gasteiger partial charge in [0.05, 0.1) is 6.61 Å². The third-order valence-electron chi connectivity index (χ3n) is 1.34. The summed E-state index contributed by atoms with van der Waals surface area (Å²) in [6.45, 7) is 6.64. The molecule has 59 valence electrons. The van der Waals surface area contributed by atoms with Crippen molar-refractivity contribution in [2.75, 3.05) is 26.7 Å². The maximum Gasteiger partial charge on any atom is 0.0561 e. The first-order valence-electron chi connectivity index (χ1n) is 2.92. The minimum Gasteiger partial charge on any atom is -0.408 e. The summed E-state index contributed by atoms with van der Waals surface area (Å²) >= 11 is 0. The van der Waals surface area contributed by atoms with Crippen LogP contribution >= 0.6 is 0 Å². The van der Waals surface area contributed by atoms with E-state index in [4.69, 9.17) is 4.74 Å². The zero-order valence-electron chi connectivity index (χ0n) is 5.56. The first-order chi connectivity index (χ1) is 3.79. The fraction of sp³-hybridized carbons (Fsp3) is 0.833. The van der Waals surface area contributed by atoms with Gasteiger partial charge in [-0.25, -0.2) is 0 Å². The number of nitrogens with zero attached hydrogens (tertiary/aromatic N) is 1. The van der Waals surface area contributed by atoms with Gasteiger partial charge in [0.15, 0.2) is 0 Å². The molecular formula is C6H12HoNO-. The molecule has 0 saturated carbocycles. The van der Waals surface area contributed by atoms with Crippen LogP contribution in [0.1, 0.15) is 0 Å². The van der Waals surface area contributed by atoms with E-state index in [1.165, 1.54) is 0 Å². The van der Waals surface area contributed by atoms with Gasteiger partial charge in [-0.2, -0.15) is 0 Å². The van der Waals surface area contributed by atoms with Gasteiger partial charge in [0.1, 0.15) is 0 Å². The third kappa shape index (κ3) is 3.79. The standard InChI is InChI=1S/C6H12NO.Ho/c1-6-5-7(2)3-4-8-6;/h6H,1,3-5H2,2H3;/q-1;/t6-;/m0./s1. The van der Waals surface area contributed by atoms with Crippen LogP contribution in [-0.4, -0.2) is 37.7 Å². The molecule has 0 aromatic heterocycles. The Morgan fingerprint density at radius 3 is 2.67 bits per heavy atom. The van der Waals surface area contributed by atoms with Crippen molar-refractivity contribution < 1.29 is 42.5 Å². The Morgan fingerprint density at radius 2 is 2.33 bits per heavy atom. The Labute approximate surface area is 86.5 Å². The van der Waals surface area contributed by atoms with E-state index in [1.807, 2.05) is 0 Å². The van der Waals surface area contributed by atoms with E-state index in [1.54, 1.807) is 0 Å². The van der Waals surface area contributed by atoms with Crippen molar-refractivity contribution in [3.05, 3.63) is 6.92 Å². The van der Waals surface area contributed by atoms with Gasteiger partial charge in [0.2, 0.25) is 0 Å². The van der Waals surface area contributed by atoms with Gasteiger partial charge in [0.25, 0.3) is 0 Å². The van der Waals surface area contributed by atoms with E-state index < -0.39 is 0 Å². The molecule has 0 bridgehead atoms. The maximum atomic E-state index is 5.20. The van der Waals surface area contributed by atoms with Crippen LogP contribution in [0, 0.1) is 44.7 Å². The van der Waals surface area contributed by atoms with Gasteiger partial charge in [-0.3, -0.25) is 0 Å². The van der Waals surface area contributed by atoms with Gasteiger partial charge in [0, 0.05) is 44.3 Å². The molecule has 9 heavy (non-hydrogen) atoms. The van der Waals surface area contributed by atoms with Gasteiger partial charge in [-0.05, 0) is 13.6 Å². The summed E-state index contributed by atoms with van der Waals surface area (Å²) in [5.74, 6) is 0. The first kappa shape index (κ1) is 10.2. The molecule has 1 aliphatic rings. The van der Waals surface area contributed by atoms with E-state index in [2.05, 4.69) is 18.9 Å². The SMILES string of the molecule is [CH2-][C@H]1CN(C)CCO1.[Ho]. The molecule has 3 heteroatoms. The average Bonchev–Trinajstić information content (AvgIpc) is 1.64. The van der Waals surface area contributed by atoms with Crippen LogP contribution in [0.2, 0.25) is 0 Å². The topological polar surface area (TPSA) is 12.5 Å². The van der Waals surface area contributed by atoms with E-state index in [-0.39, 0.29) is 43.8 Å². The normalized spacial score (nSPS) is 29.3. The first-order valence-corrected chi connectivity index (χ1v) is 2.92. The molecule has 1 fully saturated rings. The van der Waals surface area contributed by atoms with Crippen molar-refractivity contribution >= 4 is 0 Å². The molecule has 0 spiro atoms. The minimum absolute atomic E-state index is 0. The monoisotopic (exact) mass is 279 g/mol. The molecule has 1 rings (SSSR count). The Morgan fingerprint density at radius 1 is 1.67 bits per heavy atom. The summed E-state index contributed by atoms with van der Waals surface area (Å²) in [6.07, 6.45) is 0.189. The average molecular weight is 279 g/mol. The zero-order valence-corrected chi connectivity index (χ0v) is 7.50. The molecule has 1 heterocycles. The van der Waals surface area contributed by atoms with Crippen LogP contribution < -0.4 is 0 Å². The summed E-state index contributed by atoms with van der Waals surface area (Å²) in [7, 11) is 2.08. The van der Waals surface area contributed by atoms with Crippen LogP contribution in [0.5, 0.6) is 0 Å². The van der Waals surface area contributed by atoms with Gasteiger partial charge in [-0.1, -0.05) is 6.10 Å². The van der Waals surface area contributed by atoms with E-state index in [0.717, 1.165) is 19.7 Å². The van der Waals surface area contributed by atoms with Crippen molar-refractivity contribution in [3.63, 3.8) is 0 Å². The van der Waals surface area contributed by atoms with E-state index in [9.17, 15) is 0 Å². The second-order valence-electron chi connectivity index (χ2n) is 2.26. The number of ether oxygens (including phenoxy) is 1. The fourth-order valence-corrected chi connectivity index (χ4v) is 0.867. The van der Waals surface area contributed by atoms with Crippen LogP contribution in [0.25, 0.3) is 0 Å². The molecule has 1 aliphatic heterocycles. The number of rotatable bonds is 0. The molecule has 1 saturated heterocycles. The summed E-state index contributed by atoms with van der Waals surface area (Å²) in [5.41, 5.74) is 0. The number of morpholine rings is 1. The Balaban J connectivity index is 0.000000640. The Hall–Kier alpha value is 1.18. The quantitative estimate of drug-likeness (QED) is 0.462. The molecule has 2 nitrogen and oxygen atoms in total. The molecule has 0 aromatic rings. The Kier molecular flexibility index (Phi) is 5.56. The van der Waals surface area contributed by atoms with E-state index >= 15 is 0 Å². The van der Waals surface area contributed by atoms with Crippen molar-refractivity contribution in [3.8, 4) is 0 Å². The predicted octanol–water partition coefficient (Wildman–Crippen LogP) is 0.151. The van der Waals surface area contributed by atoms with Gasteiger partial charge >= 0.3 is 0 Å². The molecule has 0 N–H and O–H groups in total. The molecule has 1 radical (unpaired) electrons. The van der Waals surface area contributed by atoms with Gasteiger partial charge in [-0.15, -0.1) is 0 Å². The van der Waals surface area contributed by atoms with Crippen LogP contribution in [0.4, 0.5) is 0 Å². The largest absolute Gasteiger partial charge is 0.408 e. The van der Waals surface area contributed by atoms with Crippen molar-refractivity contribution in [2.24, 2.45) is 0 Å². The number of hydrogen-bond acceptors (Lipinski definition) is 2. The van der Waals surface area contributed by atoms with Crippen molar-refractivity contribution in [1.82, 2.24) is 4.90 Å². The van der Waals surface area contributed by atoms with Crippen LogP contribution in [0.15, 0.2) is 0 Å². The fourth-order valence-electron chi connectivity index (χ4n) is 0.867. The summed E-state index contributed by atoms with van der Waals surface area (Å²) in [4.78, 5) is 2.22. The second kappa shape index (κ2) is 4.91. The summed E-state index contributed by atoms with van der Waals surface area (Å²) in [6, 6.07) is 0. The number of hydrogen-bond donors (Lipinski definition) is 0. The maximum absolute atomic E-state index is 5.20. The zero-order chi connectivity index (χ0) is 5.98. The van der Waals surface area contributed by atoms with Crippen molar-refractivity contribution in [1.29, 1.82) is 0 Å². The summed E-state index contributed by atoms with van der Waals surface area (Å²) in [5, 5.41) is 0. The summed E-state index contributed by atoms with van der Waals surface area (Å²) < 4.78 is 5.20. The number of likely N-dealkylation sites (N-methyl/N-ethyl adjacent to an activating group) is 1. The second-order valence-corrected chi connectivity index (χ2v) is 2.26.